The van der Waals surface area contributed by atoms with Crippen LogP contribution in [0.1, 0.15) is 20.8 Å². The molecule has 0 bridgehead atoms. The summed E-state index contributed by atoms with van der Waals surface area (Å²) in [5.74, 6) is 0. The summed E-state index contributed by atoms with van der Waals surface area (Å²) >= 11 is 0. The van der Waals surface area contributed by atoms with Crippen molar-refractivity contribution in [3.8, 4) is 0 Å². The third-order valence-corrected chi connectivity index (χ3v) is 0.985. The summed E-state index contributed by atoms with van der Waals surface area (Å²) in [6.45, 7) is 8.10. The van der Waals surface area contributed by atoms with Gasteiger partial charge in [-0.25, -0.2) is 0 Å². The van der Waals surface area contributed by atoms with Crippen molar-refractivity contribution in [1.82, 2.24) is 0 Å². The van der Waals surface area contributed by atoms with Crippen molar-refractivity contribution in [3.63, 3.8) is 0 Å². The van der Waals surface area contributed by atoms with Gasteiger partial charge in [-0.3, -0.25) is 0 Å². The Kier molecular flexibility index (Phi) is 6.29. The van der Waals surface area contributed by atoms with E-state index in [0.717, 1.165) is 18.8 Å². The van der Waals surface area contributed by atoms with E-state index >= 15 is 0 Å². The van der Waals surface area contributed by atoms with Crippen LogP contribution in [0.15, 0.2) is 11.8 Å². The van der Waals surface area contributed by atoms with Gasteiger partial charge in [0, 0.05) is 6.61 Å². The Morgan fingerprint density at radius 3 is 2.50 bits per heavy atom. The quantitative estimate of drug-likeness (QED) is 0.549. The average molecular weight is 144 g/mol. The molecule has 0 aliphatic rings. The number of rotatable bonds is 5. The lowest BCUT2D eigenvalue weighted by molar-refractivity contribution is 0.165. The van der Waals surface area contributed by atoms with Crippen molar-refractivity contribution in [2.24, 2.45) is 0 Å². The molecule has 0 aliphatic heterocycles. The van der Waals surface area contributed by atoms with Crippen LogP contribution < -0.4 is 0 Å². The van der Waals surface area contributed by atoms with E-state index in [1.165, 1.54) is 0 Å². The summed E-state index contributed by atoms with van der Waals surface area (Å²) in [6, 6.07) is 0. The molecule has 2 nitrogen and oxygen atoms in total. The van der Waals surface area contributed by atoms with E-state index in [1.54, 1.807) is 6.26 Å². The van der Waals surface area contributed by atoms with Crippen LogP contribution in [-0.2, 0) is 9.47 Å². The molecule has 0 saturated carbocycles. The van der Waals surface area contributed by atoms with Crippen molar-refractivity contribution >= 4 is 0 Å². The average Bonchev–Trinajstić information content (AvgIpc) is 1.97. The molecule has 10 heavy (non-hydrogen) atoms. The molecule has 0 radical (unpaired) electrons. The highest BCUT2D eigenvalue weighted by molar-refractivity contribution is 4.92. The van der Waals surface area contributed by atoms with Gasteiger partial charge in [0.15, 0.2) is 0 Å². The van der Waals surface area contributed by atoms with Crippen LogP contribution in [0.5, 0.6) is 0 Å². The molecule has 0 fully saturated rings. The lowest BCUT2D eigenvalue weighted by Crippen LogP contribution is -1.95. The standard InChI is InChI=1S/C8H16O2/c1-4-9-6-8(3)7-10-5-2/h6H,4-5,7H2,1-3H3/b8-6+. The molecule has 0 saturated heterocycles. The van der Waals surface area contributed by atoms with Gasteiger partial charge < -0.3 is 9.47 Å². The molecule has 0 amide bonds. The van der Waals surface area contributed by atoms with Crippen LogP contribution in [0.2, 0.25) is 0 Å². The largest absolute Gasteiger partial charge is 0.501 e. The Labute approximate surface area is 62.8 Å². The molecule has 2 heteroatoms. The predicted octanol–water partition coefficient (Wildman–Crippen LogP) is 1.96. The lowest BCUT2D eigenvalue weighted by Gasteiger charge is -2.00. The van der Waals surface area contributed by atoms with Gasteiger partial charge >= 0.3 is 0 Å². The van der Waals surface area contributed by atoms with E-state index in [4.69, 9.17) is 9.47 Å². The van der Waals surface area contributed by atoms with Crippen LogP contribution in [0.4, 0.5) is 0 Å². The van der Waals surface area contributed by atoms with Crippen LogP contribution in [0, 0.1) is 0 Å². The van der Waals surface area contributed by atoms with Gasteiger partial charge in [-0.05, 0) is 26.3 Å². The summed E-state index contributed by atoms with van der Waals surface area (Å²) in [5, 5.41) is 0. The highest BCUT2D eigenvalue weighted by Gasteiger charge is 1.86. The molecule has 0 N–H and O–H groups in total. The normalized spacial score (nSPS) is 11.7. The zero-order chi connectivity index (χ0) is 7.82. The smallest absolute Gasteiger partial charge is 0.0845 e. The molecule has 0 rings (SSSR count). The van der Waals surface area contributed by atoms with Gasteiger partial charge in [-0.1, -0.05) is 0 Å². The van der Waals surface area contributed by atoms with Gasteiger partial charge in [0.05, 0.1) is 19.5 Å². The van der Waals surface area contributed by atoms with Crippen molar-refractivity contribution in [2.75, 3.05) is 19.8 Å². The molecule has 0 aliphatic carbocycles. The Morgan fingerprint density at radius 2 is 2.00 bits per heavy atom. The maximum atomic E-state index is 5.14. The first-order chi connectivity index (χ1) is 4.81. The van der Waals surface area contributed by atoms with E-state index in [0.29, 0.717) is 6.61 Å². The van der Waals surface area contributed by atoms with Crippen molar-refractivity contribution in [1.29, 1.82) is 0 Å². The van der Waals surface area contributed by atoms with Gasteiger partial charge in [0.25, 0.3) is 0 Å². The molecule has 0 atom stereocenters. The number of hydrogen-bond donors (Lipinski definition) is 0. The van der Waals surface area contributed by atoms with Crippen molar-refractivity contribution < 1.29 is 9.47 Å². The monoisotopic (exact) mass is 144 g/mol. The van der Waals surface area contributed by atoms with Gasteiger partial charge in [-0.2, -0.15) is 0 Å². The van der Waals surface area contributed by atoms with Crippen LogP contribution in [-0.4, -0.2) is 19.8 Å². The second kappa shape index (κ2) is 6.62. The maximum absolute atomic E-state index is 5.14. The predicted molar refractivity (Wildman–Crippen MR) is 41.9 cm³/mol. The van der Waals surface area contributed by atoms with Crippen LogP contribution in [0.25, 0.3) is 0 Å². The molecule has 0 aromatic rings. The van der Waals surface area contributed by atoms with E-state index in [1.807, 2.05) is 20.8 Å². The van der Waals surface area contributed by atoms with Crippen LogP contribution in [0.3, 0.4) is 0 Å². The zero-order valence-corrected chi connectivity index (χ0v) is 7.02. The minimum Gasteiger partial charge on any atom is -0.501 e. The number of ether oxygens (including phenoxy) is 2. The topological polar surface area (TPSA) is 18.5 Å². The number of hydrogen-bond acceptors (Lipinski definition) is 2. The molecular weight excluding hydrogens is 128 g/mol. The highest BCUT2D eigenvalue weighted by Crippen LogP contribution is 1.93. The second-order valence-electron chi connectivity index (χ2n) is 2.06. The highest BCUT2D eigenvalue weighted by atomic mass is 16.5. The Morgan fingerprint density at radius 1 is 1.30 bits per heavy atom. The fourth-order valence-electron chi connectivity index (χ4n) is 0.523. The SMILES string of the molecule is CCO/C=C(\C)COCC. The Bertz CT molecular complexity index is 97.4. The zero-order valence-electron chi connectivity index (χ0n) is 7.02. The van der Waals surface area contributed by atoms with E-state index < -0.39 is 0 Å². The second-order valence-corrected chi connectivity index (χ2v) is 2.06. The molecule has 0 aromatic carbocycles. The van der Waals surface area contributed by atoms with E-state index in [9.17, 15) is 0 Å². The maximum Gasteiger partial charge on any atom is 0.0845 e. The minimum absolute atomic E-state index is 0.677. The summed E-state index contributed by atoms with van der Waals surface area (Å²) in [7, 11) is 0. The Balaban J connectivity index is 3.30. The van der Waals surface area contributed by atoms with Crippen molar-refractivity contribution in [3.05, 3.63) is 11.8 Å². The summed E-state index contributed by atoms with van der Waals surface area (Å²) in [6.07, 6.45) is 1.75. The summed E-state index contributed by atoms with van der Waals surface area (Å²) < 4.78 is 10.2. The van der Waals surface area contributed by atoms with Crippen LogP contribution >= 0.6 is 0 Å². The molecule has 60 valence electrons. The molecular formula is C8H16O2. The third kappa shape index (κ3) is 5.63. The van der Waals surface area contributed by atoms with E-state index in [2.05, 4.69) is 0 Å². The Hall–Kier alpha value is -0.500. The first-order valence-corrected chi connectivity index (χ1v) is 3.66. The van der Waals surface area contributed by atoms with Gasteiger partial charge in [-0.15, -0.1) is 0 Å². The molecule has 0 spiro atoms. The van der Waals surface area contributed by atoms with E-state index in [-0.39, 0.29) is 0 Å². The fourth-order valence-corrected chi connectivity index (χ4v) is 0.523. The minimum atomic E-state index is 0.677. The lowest BCUT2D eigenvalue weighted by atomic mass is 10.4. The summed E-state index contributed by atoms with van der Waals surface area (Å²) in [4.78, 5) is 0. The van der Waals surface area contributed by atoms with Gasteiger partial charge in [0.2, 0.25) is 0 Å². The molecule has 0 aromatic heterocycles. The third-order valence-electron chi connectivity index (χ3n) is 0.985. The van der Waals surface area contributed by atoms with Crippen molar-refractivity contribution in [2.45, 2.75) is 20.8 Å². The molecule has 0 heterocycles. The fraction of sp³-hybridized carbons (Fsp3) is 0.750. The first kappa shape index (κ1) is 9.50. The molecule has 0 unspecified atom stereocenters. The van der Waals surface area contributed by atoms with Gasteiger partial charge in [0.1, 0.15) is 0 Å². The first-order valence-electron chi connectivity index (χ1n) is 3.66. The summed E-state index contributed by atoms with van der Waals surface area (Å²) in [5.41, 5.74) is 1.13.